The smallest absolute Gasteiger partial charge is 0.209 e. The van der Waals surface area contributed by atoms with Gasteiger partial charge in [0.2, 0.25) is 5.16 Å². The lowest BCUT2D eigenvalue weighted by molar-refractivity contribution is 0.955. The highest BCUT2D eigenvalue weighted by molar-refractivity contribution is 7.99. The van der Waals surface area contributed by atoms with Gasteiger partial charge in [0.05, 0.1) is 0 Å². The van der Waals surface area contributed by atoms with Crippen LogP contribution >= 0.6 is 23.5 Å². The van der Waals surface area contributed by atoms with E-state index in [4.69, 9.17) is 0 Å². The monoisotopic (exact) mass is 189 g/mol. The van der Waals surface area contributed by atoms with E-state index in [1.165, 1.54) is 0 Å². The molecule has 0 saturated heterocycles. The Bertz CT molecular complexity index is 191. The molecule has 62 valence electrons. The number of aromatic amines is 1. The first-order valence-electron chi connectivity index (χ1n) is 3.54. The van der Waals surface area contributed by atoms with Gasteiger partial charge in [0.15, 0.2) is 5.16 Å². The quantitative estimate of drug-likeness (QED) is 0.736. The van der Waals surface area contributed by atoms with Crippen molar-refractivity contribution in [1.82, 2.24) is 15.2 Å². The Balaban J connectivity index is 2.51. The number of hydrogen-bond donors (Lipinski definition) is 1. The molecule has 5 heteroatoms. The largest absolute Gasteiger partial charge is 0.253 e. The Labute approximate surface area is 74.8 Å². The number of H-pyrrole nitrogens is 1. The normalized spacial score (nSPS) is 10.4. The van der Waals surface area contributed by atoms with E-state index in [1.54, 1.807) is 23.5 Å². The van der Waals surface area contributed by atoms with E-state index < -0.39 is 0 Å². The average Bonchev–Trinajstić information content (AvgIpc) is 2.38. The summed E-state index contributed by atoms with van der Waals surface area (Å²) in [5.74, 6) is 2.06. The molecule has 0 radical (unpaired) electrons. The molecule has 0 aliphatic carbocycles. The summed E-state index contributed by atoms with van der Waals surface area (Å²) in [6.07, 6.45) is 0. The van der Waals surface area contributed by atoms with Gasteiger partial charge in [-0.3, -0.25) is 5.10 Å². The molecule has 1 aromatic rings. The third kappa shape index (κ3) is 2.75. The molecule has 0 fully saturated rings. The van der Waals surface area contributed by atoms with Crippen molar-refractivity contribution in [2.75, 3.05) is 11.5 Å². The lowest BCUT2D eigenvalue weighted by atomic mass is 11.0. The topological polar surface area (TPSA) is 41.6 Å². The van der Waals surface area contributed by atoms with Crippen molar-refractivity contribution >= 4 is 23.5 Å². The number of aromatic nitrogens is 3. The van der Waals surface area contributed by atoms with Gasteiger partial charge in [-0.1, -0.05) is 37.4 Å². The summed E-state index contributed by atoms with van der Waals surface area (Å²) in [5, 5.41) is 8.67. The Morgan fingerprint density at radius 2 is 2.00 bits per heavy atom. The Kier molecular flexibility index (Phi) is 3.79. The second-order valence-electron chi connectivity index (χ2n) is 1.79. The first-order valence-corrected chi connectivity index (χ1v) is 5.52. The summed E-state index contributed by atoms with van der Waals surface area (Å²) < 4.78 is 0. The zero-order chi connectivity index (χ0) is 8.10. The van der Waals surface area contributed by atoms with Gasteiger partial charge in [-0.2, -0.15) is 4.98 Å². The summed E-state index contributed by atoms with van der Waals surface area (Å²) >= 11 is 3.33. The van der Waals surface area contributed by atoms with Crippen LogP contribution in [-0.4, -0.2) is 26.7 Å². The van der Waals surface area contributed by atoms with Crippen molar-refractivity contribution in [2.24, 2.45) is 0 Å². The highest BCUT2D eigenvalue weighted by Gasteiger charge is 2.00. The van der Waals surface area contributed by atoms with Crippen LogP contribution in [0.15, 0.2) is 10.3 Å². The standard InChI is InChI=1S/C6H11N3S2/c1-3-10-5-7-6(9-8-5)11-4-2/h3-4H2,1-2H3,(H,7,8,9). The maximum atomic E-state index is 4.25. The van der Waals surface area contributed by atoms with Crippen LogP contribution in [0.5, 0.6) is 0 Å². The van der Waals surface area contributed by atoms with Gasteiger partial charge < -0.3 is 0 Å². The summed E-state index contributed by atoms with van der Waals surface area (Å²) in [4.78, 5) is 4.25. The van der Waals surface area contributed by atoms with Gasteiger partial charge >= 0.3 is 0 Å². The third-order valence-electron chi connectivity index (χ3n) is 0.999. The fraction of sp³-hybridized carbons (Fsp3) is 0.667. The Morgan fingerprint density at radius 1 is 1.27 bits per heavy atom. The number of nitrogens with one attached hydrogen (secondary N) is 1. The zero-order valence-corrected chi connectivity index (χ0v) is 8.26. The molecule has 0 unspecified atom stereocenters. The molecule has 1 heterocycles. The summed E-state index contributed by atoms with van der Waals surface area (Å²) in [6.45, 7) is 4.19. The molecule has 0 atom stereocenters. The molecular weight excluding hydrogens is 178 g/mol. The fourth-order valence-corrected chi connectivity index (χ4v) is 1.74. The number of nitrogens with zero attached hydrogens (tertiary/aromatic N) is 2. The van der Waals surface area contributed by atoms with Crippen molar-refractivity contribution in [3.8, 4) is 0 Å². The maximum absolute atomic E-state index is 4.25. The van der Waals surface area contributed by atoms with Crippen LogP contribution in [0.1, 0.15) is 13.8 Å². The van der Waals surface area contributed by atoms with E-state index >= 15 is 0 Å². The van der Waals surface area contributed by atoms with E-state index in [2.05, 4.69) is 29.0 Å². The highest BCUT2D eigenvalue weighted by Crippen LogP contribution is 2.16. The van der Waals surface area contributed by atoms with Gasteiger partial charge in [-0.05, 0) is 11.5 Å². The molecule has 1 N–H and O–H groups in total. The minimum absolute atomic E-state index is 0.850. The second-order valence-corrected chi connectivity index (χ2v) is 4.27. The van der Waals surface area contributed by atoms with Gasteiger partial charge in [-0.15, -0.1) is 5.10 Å². The number of rotatable bonds is 4. The van der Waals surface area contributed by atoms with Crippen LogP contribution < -0.4 is 0 Å². The van der Waals surface area contributed by atoms with Crippen molar-refractivity contribution < 1.29 is 0 Å². The molecule has 0 aromatic carbocycles. The van der Waals surface area contributed by atoms with Crippen molar-refractivity contribution in [3.05, 3.63) is 0 Å². The Morgan fingerprint density at radius 3 is 2.64 bits per heavy atom. The SMILES string of the molecule is CCSc1n[nH]c(SCC)n1. The predicted octanol–water partition coefficient (Wildman–Crippen LogP) is 2.03. The van der Waals surface area contributed by atoms with Gasteiger partial charge in [-0.25, -0.2) is 0 Å². The van der Waals surface area contributed by atoms with E-state index in [1.807, 2.05) is 0 Å². The fourth-order valence-electron chi connectivity index (χ4n) is 0.627. The van der Waals surface area contributed by atoms with Crippen LogP contribution in [0.2, 0.25) is 0 Å². The first kappa shape index (κ1) is 8.93. The van der Waals surface area contributed by atoms with Crippen LogP contribution in [-0.2, 0) is 0 Å². The molecule has 0 spiro atoms. The molecule has 0 saturated carbocycles. The molecule has 0 bridgehead atoms. The van der Waals surface area contributed by atoms with Crippen molar-refractivity contribution in [1.29, 1.82) is 0 Å². The van der Waals surface area contributed by atoms with E-state index in [-0.39, 0.29) is 0 Å². The molecule has 1 aromatic heterocycles. The average molecular weight is 189 g/mol. The molecule has 0 aliphatic rings. The molecule has 0 amide bonds. The van der Waals surface area contributed by atoms with Gasteiger partial charge in [0.1, 0.15) is 0 Å². The van der Waals surface area contributed by atoms with Crippen molar-refractivity contribution in [3.63, 3.8) is 0 Å². The van der Waals surface area contributed by atoms with Crippen LogP contribution in [0, 0.1) is 0 Å². The van der Waals surface area contributed by atoms with Gasteiger partial charge in [0.25, 0.3) is 0 Å². The number of thioether (sulfide) groups is 2. The summed E-state index contributed by atoms with van der Waals surface area (Å²) in [6, 6.07) is 0. The predicted molar refractivity (Wildman–Crippen MR) is 49.2 cm³/mol. The Hall–Kier alpha value is -0.160. The van der Waals surface area contributed by atoms with Gasteiger partial charge in [0, 0.05) is 0 Å². The lowest BCUT2D eigenvalue weighted by Crippen LogP contribution is -1.75. The second kappa shape index (κ2) is 4.66. The zero-order valence-electron chi connectivity index (χ0n) is 6.63. The molecule has 3 nitrogen and oxygen atoms in total. The number of hydrogen-bond acceptors (Lipinski definition) is 4. The van der Waals surface area contributed by atoms with E-state index in [0.717, 1.165) is 21.8 Å². The van der Waals surface area contributed by atoms with Crippen molar-refractivity contribution in [2.45, 2.75) is 24.2 Å². The van der Waals surface area contributed by atoms with Crippen LogP contribution in [0.3, 0.4) is 0 Å². The molecule has 11 heavy (non-hydrogen) atoms. The van der Waals surface area contributed by atoms with E-state index in [0.29, 0.717) is 0 Å². The minimum atomic E-state index is 0.850. The molecule has 1 rings (SSSR count). The van der Waals surface area contributed by atoms with Crippen LogP contribution in [0.25, 0.3) is 0 Å². The van der Waals surface area contributed by atoms with Crippen LogP contribution in [0.4, 0.5) is 0 Å². The third-order valence-corrected chi connectivity index (χ3v) is 2.47. The summed E-state index contributed by atoms with van der Waals surface area (Å²) in [5.41, 5.74) is 0. The van der Waals surface area contributed by atoms with E-state index in [9.17, 15) is 0 Å². The maximum Gasteiger partial charge on any atom is 0.209 e. The summed E-state index contributed by atoms with van der Waals surface area (Å²) in [7, 11) is 0. The minimum Gasteiger partial charge on any atom is -0.253 e. The first-order chi connectivity index (χ1) is 5.36. The lowest BCUT2D eigenvalue weighted by Gasteiger charge is -1.86. The highest BCUT2D eigenvalue weighted by atomic mass is 32.2. The molecular formula is C6H11N3S2. The molecule has 0 aliphatic heterocycles.